The van der Waals surface area contributed by atoms with Crippen LogP contribution in [0.5, 0.6) is 11.5 Å². The van der Waals surface area contributed by atoms with Crippen molar-refractivity contribution in [2.45, 2.75) is 18.9 Å². The number of hydrogen-bond donors (Lipinski definition) is 2. The first-order valence-corrected chi connectivity index (χ1v) is 11.1. The lowest BCUT2D eigenvalue weighted by Crippen LogP contribution is -2.32. The number of halogens is 1. The molecular weight excluding hydrogens is 450 g/mol. The highest BCUT2D eigenvalue weighted by Crippen LogP contribution is 2.38. The third-order valence-corrected chi connectivity index (χ3v) is 6.24. The van der Waals surface area contributed by atoms with Crippen molar-refractivity contribution in [1.29, 1.82) is 5.26 Å². The summed E-state index contributed by atoms with van der Waals surface area (Å²) in [7, 11) is 3.11. The van der Waals surface area contributed by atoms with Gasteiger partial charge in [-0.1, -0.05) is 41.6 Å². The van der Waals surface area contributed by atoms with Gasteiger partial charge in [0.1, 0.15) is 11.5 Å². The molecule has 1 aliphatic heterocycles. The Balaban J connectivity index is 1.68. The molecule has 2 amide bonds. The molecule has 2 aromatic rings. The first-order chi connectivity index (χ1) is 15.4. The van der Waals surface area contributed by atoms with Crippen LogP contribution in [0.2, 0.25) is 5.02 Å². The number of allylic oxidation sites excluding steroid dienone is 1. The SMILES string of the molecule is COc1ccc(CNC(=O)CSC2=C(C#N)[C@H](c3ccc(OC)c(Cl)c3)CC(=O)N2)cc1. The molecule has 0 fully saturated rings. The number of ether oxygens (including phenoxy) is 2. The minimum Gasteiger partial charge on any atom is -0.497 e. The third-order valence-electron chi connectivity index (χ3n) is 4.93. The van der Waals surface area contributed by atoms with Crippen molar-refractivity contribution < 1.29 is 19.1 Å². The van der Waals surface area contributed by atoms with Crippen molar-refractivity contribution in [3.05, 3.63) is 69.2 Å². The van der Waals surface area contributed by atoms with Crippen molar-refractivity contribution in [3.8, 4) is 17.6 Å². The summed E-state index contributed by atoms with van der Waals surface area (Å²) in [5, 5.41) is 16.1. The fourth-order valence-electron chi connectivity index (χ4n) is 3.25. The van der Waals surface area contributed by atoms with Gasteiger partial charge in [0.2, 0.25) is 11.8 Å². The monoisotopic (exact) mass is 471 g/mol. The van der Waals surface area contributed by atoms with Crippen molar-refractivity contribution in [1.82, 2.24) is 10.6 Å². The van der Waals surface area contributed by atoms with E-state index in [0.717, 1.165) is 28.6 Å². The van der Waals surface area contributed by atoms with Crippen LogP contribution in [0.4, 0.5) is 0 Å². The average Bonchev–Trinajstić information content (AvgIpc) is 2.81. The van der Waals surface area contributed by atoms with Gasteiger partial charge in [-0.3, -0.25) is 9.59 Å². The van der Waals surface area contributed by atoms with Crippen LogP contribution in [0.3, 0.4) is 0 Å². The Kier molecular flexibility index (Phi) is 8.03. The summed E-state index contributed by atoms with van der Waals surface area (Å²) < 4.78 is 10.3. The molecule has 166 valence electrons. The number of benzene rings is 2. The number of amides is 2. The zero-order valence-corrected chi connectivity index (χ0v) is 19.2. The summed E-state index contributed by atoms with van der Waals surface area (Å²) in [6.45, 7) is 0.368. The topological polar surface area (TPSA) is 100 Å². The summed E-state index contributed by atoms with van der Waals surface area (Å²) in [5.41, 5.74) is 2.08. The Hall–Kier alpha value is -3.15. The van der Waals surface area contributed by atoms with E-state index in [0.29, 0.717) is 27.9 Å². The van der Waals surface area contributed by atoms with Gasteiger partial charge in [0.05, 0.1) is 41.7 Å². The molecule has 1 atom stereocenters. The van der Waals surface area contributed by atoms with Crippen LogP contribution >= 0.6 is 23.4 Å². The van der Waals surface area contributed by atoms with E-state index in [2.05, 4.69) is 16.7 Å². The van der Waals surface area contributed by atoms with E-state index in [1.54, 1.807) is 25.3 Å². The molecule has 0 unspecified atom stereocenters. The molecule has 32 heavy (non-hydrogen) atoms. The van der Waals surface area contributed by atoms with Gasteiger partial charge in [0, 0.05) is 18.9 Å². The van der Waals surface area contributed by atoms with Crippen LogP contribution in [0.1, 0.15) is 23.5 Å². The number of rotatable bonds is 8. The van der Waals surface area contributed by atoms with E-state index in [1.807, 2.05) is 24.3 Å². The summed E-state index contributed by atoms with van der Waals surface area (Å²) in [5.74, 6) is 0.449. The maximum atomic E-state index is 12.3. The molecule has 0 saturated heterocycles. The first-order valence-electron chi connectivity index (χ1n) is 9.75. The van der Waals surface area contributed by atoms with Crippen LogP contribution in [-0.2, 0) is 16.1 Å². The number of carbonyl (C=O) groups is 2. The first kappa shape index (κ1) is 23.5. The highest BCUT2D eigenvalue weighted by molar-refractivity contribution is 8.03. The average molecular weight is 472 g/mol. The van der Waals surface area contributed by atoms with E-state index in [9.17, 15) is 14.9 Å². The third kappa shape index (κ3) is 5.75. The highest BCUT2D eigenvalue weighted by atomic mass is 35.5. The molecule has 2 N–H and O–H groups in total. The maximum absolute atomic E-state index is 12.3. The Bertz CT molecular complexity index is 1080. The molecule has 2 aromatic carbocycles. The number of methoxy groups -OCH3 is 2. The predicted molar refractivity (Wildman–Crippen MR) is 123 cm³/mol. The molecule has 0 aliphatic carbocycles. The number of nitrogens with one attached hydrogen (secondary N) is 2. The van der Waals surface area contributed by atoms with E-state index in [-0.39, 0.29) is 24.0 Å². The molecule has 9 heteroatoms. The standard InChI is InChI=1S/C23H22ClN3O4S/c1-30-16-6-3-14(4-7-16)12-26-22(29)13-32-23-18(11-25)17(10-21(28)27-23)15-5-8-20(31-2)19(24)9-15/h3-9,17H,10,12-13H2,1-2H3,(H,26,29)(H,27,28)/t17-/m0/s1. The van der Waals surface area contributed by atoms with E-state index in [1.165, 1.54) is 7.11 Å². The van der Waals surface area contributed by atoms with Crippen LogP contribution in [0.15, 0.2) is 53.1 Å². The molecule has 7 nitrogen and oxygen atoms in total. The van der Waals surface area contributed by atoms with Crippen molar-refractivity contribution in [2.75, 3.05) is 20.0 Å². The smallest absolute Gasteiger partial charge is 0.230 e. The van der Waals surface area contributed by atoms with Gasteiger partial charge in [0.15, 0.2) is 0 Å². The molecular formula is C23H22ClN3O4S. The Morgan fingerprint density at radius 2 is 2.00 bits per heavy atom. The lowest BCUT2D eigenvalue weighted by molar-refractivity contribution is -0.121. The van der Waals surface area contributed by atoms with Crippen molar-refractivity contribution >= 4 is 35.2 Å². The molecule has 1 aliphatic rings. The lowest BCUT2D eigenvalue weighted by Gasteiger charge is -2.25. The van der Waals surface area contributed by atoms with E-state index in [4.69, 9.17) is 21.1 Å². The Morgan fingerprint density at radius 3 is 2.62 bits per heavy atom. The lowest BCUT2D eigenvalue weighted by atomic mass is 9.87. The number of nitriles is 1. The molecule has 0 aromatic heterocycles. The minimum atomic E-state index is -0.443. The van der Waals surface area contributed by atoms with Gasteiger partial charge in [-0.2, -0.15) is 5.26 Å². The quantitative estimate of drug-likeness (QED) is 0.608. The van der Waals surface area contributed by atoms with Gasteiger partial charge in [-0.15, -0.1) is 0 Å². The Morgan fingerprint density at radius 1 is 1.25 bits per heavy atom. The molecule has 0 radical (unpaired) electrons. The van der Waals surface area contributed by atoms with Gasteiger partial charge in [-0.05, 0) is 35.4 Å². The van der Waals surface area contributed by atoms with Crippen LogP contribution in [0.25, 0.3) is 0 Å². The van der Waals surface area contributed by atoms with Gasteiger partial charge >= 0.3 is 0 Å². The highest BCUT2D eigenvalue weighted by Gasteiger charge is 2.30. The minimum absolute atomic E-state index is 0.0625. The molecule has 1 heterocycles. The van der Waals surface area contributed by atoms with Gasteiger partial charge in [0.25, 0.3) is 0 Å². The van der Waals surface area contributed by atoms with E-state index < -0.39 is 5.92 Å². The second-order valence-electron chi connectivity index (χ2n) is 6.97. The largest absolute Gasteiger partial charge is 0.497 e. The second-order valence-corrected chi connectivity index (χ2v) is 8.36. The molecule has 0 saturated carbocycles. The fraction of sp³-hybridized carbons (Fsp3) is 0.261. The fourth-order valence-corrected chi connectivity index (χ4v) is 4.42. The maximum Gasteiger partial charge on any atom is 0.230 e. The number of nitrogens with zero attached hydrogens (tertiary/aromatic N) is 1. The van der Waals surface area contributed by atoms with Crippen molar-refractivity contribution in [3.63, 3.8) is 0 Å². The Labute approximate surface area is 195 Å². The number of carbonyl (C=O) groups excluding carboxylic acids is 2. The summed E-state index contributed by atoms with van der Waals surface area (Å²) in [6.07, 6.45) is 0.124. The zero-order valence-electron chi connectivity index (χ0n) is 17.6. The van der Waals surface area contributed by atoms with Crippen LogP contribution in [-0.4, -0.2) is 31.8 Å². The van der Waals surface area contributed by atoms with Gasteiger partial charge in [-0.25, -0.2) is 0 Å². The van der Waals surface area contributed by atoms with Crippen LogP contribution in [0, 0.1) is 11.3 Å². The summed E-state index contributed by atoms with van der Waals surface area (Å²) in [6, 6.07) is 14.8. The molecule has 0 bridgehead atoms. The number of hydrogen-bond acceptors (Lipinski definition) is 6. The molecule has 3 rings (SSSR count). The van der Waals surface area contributed by atoms with Crippen molar-refractivity contribution in [2.24, 2.45) is 0 Å². The predicted octanol–water partition coefficient (Wildman–Crippen LogP) is 3.75. The number of thioether (sulfide) groups is 1. The zero-order chi connectivity index (χ0) is 23.1. The van der Waals surface area contributed by atoms with E-state index >= 15 is 0 Å². The summed E-state index contributed by atoms with van der Waals surface area (Å²) >= 11 is 7.36. The summed E-state index contributed by atoms with van der Waals surface area (Å²) in [4.78, 5) is 24.6. The van der Waals surface area contributed by atoms with Gasteiger partial charge < -0.3 is 20.1 Å². The van der Waals surface area contributed by atoms with Crippen LogP contribution < -0.4 is 20.1 Å². The second kappa shape index (κ2) is 10.9. The normalized spacial score (nSPS) is 15.6. The molecule has 0 spiro atoms.